The molecule has 1 N–H and O–H groups in total. The highest BCUT2D eigenvalue weighted by molar-refractivity contribution is 8.14. The van der Waals surface area contributed by atoms with Crippen molar-refractivity contribution < 1.29 is 22.7 Å². The maximum Gasteiger partial charge on any atom is 0.573 e. The Hall–Kier alpha value is -4.32. The van der Waals surface area contributed by atoms with Gasteiger partial charge in [-0.05, 0) is 87.9 Å². The van der Waals surface area contributed by atoms with Gasteiger partial charge in [0.15, 0.2) is 11.0 Å². The molecule has 4 aromatic rings. The van der Waals surface area contributed by atoms with Crippen LogP contribution in [0.1, 0.15) is 42.0 Å². The molecule has 3 aromatic carbocycles. The topological polar surface area (TPSA) is 84.6 Å². The van der Waals surface area contributed by atoms with Crippen molar-refractivity contribution >= 4 is 28.6 Å². The second-order valence-corrected chi connectivity index (χ2v) is 12.1. The van der Waals surface area contributed by atoms with E-state index in [-0.39, 0.29) is 17.8 Å². The number of urea groups is 1. The lowest BCUT2D eigenvalue weighted by molar-refractivity contribution is -0.274. The molecule has 0 aliphatic carbocycles. The Balaban J connectivity index is 1.14. The number of ether oxygens (including phenoxy) is 1. The Morgan fingerprint density at radius 2 is 1.76 bits per heavy atom. The smallest absolute Gasteiger partial charge is 0.406 e. The Labute approximate surface area is 264 Å². The van der Waals surface area contributed by atoms with Gasteiger partial charge in [0.05, 0.1) is 5.69 Å². The predicted molar refractivity (Wildman–Crippen MR) is 172 cm³/mol. The monoisotopic (exact) mass is 636 g/mol. The quantitative estimate of drug-likeness (QED) is 0.199. The second-order valence-electron chi connectivity index (χ2n) is 11.1. The number of aliphatic imine (C=N–C) groups is 1. The van der Waals surface area contributed by atoms with Gasteiger partial charge in [0.2, 0.25) is 0 Å². The van der Waals surface area contributed by atoms with Crippen molar-refractivity contribution in [3.05, 3.63) is 89.2 Å². The highest BCUT2D eigenvalue weighted by Crippen LogP contribution is 2.34. The SMILES string of the molecule is Cc1cc(C)c(N2/C(=N/C(=O)NCCCc3ccc(-c4ncn(-c5ccc(OC(F)(F)F)cc5)n4)cc3)SCCC2C)c(C)c1. The van der Waals surface area contributed by atoms with E-state index in [0.29, 0.717) is 18.1 Å². The number of thioether (sulfide) groups is 1. The van der Waals surface area contributed by atoms with E-state index in [1.54, 1.807) is 11.8 Å². The first-order valence-corrected chi connectivity index (χ1v) is 15.7. The third-order valence-electron chi connectivity index (χ3n) is 7.44. The minimum Gasteiger partial charge on any atom is -0.406 e. The molecule has 0 spiro atoms. The van der Waals surface area contributed by atoms with E-state index >= 15 is 0 Å². The summed E-state index contributed by atoms with van der Waals surface area (Å²) in [6.45, 7) is 8.99. The summed E-state index contributed by atoms with van der Waals surface area (Å²) in [4.78, 5) is 23.8. The summed E-state index contributed by atoms with van der Waals surface area (Å²) in [6.07, 6.45) is -0.700. The maximum absolute atomic E-state index is 12.8. The molecule has 1 atom stereocenters. The number of halogens is 3. The zero-order valence-electron chi connectivity index (χ0n) is 25.6. The molecule has 0 bridgehead atoms. The molecular weight excluding hydrogens is 601 g/mol. The number of amidine groups is 1. The largest absolute Gasteiger partial charge is 0.573 e. The number of carbonyl (C=O) groups excluding carboxylic acids is 1. The number of hydrogen-bond donors (Lipinski definition) is 1. The summed E-state index contributed by atoms with van der Waals surface area (Å²) in [7, 11) is 0. The molecule has 5 rings (SSSR count). The predicted octanol–water partition coefficient (Wildman–Crippen LogP) is 7.79. The van der Waals surface area contributed by atoms with Crippen LogP contribution >= 0.6 is 11.8 Å². The average molecular weight is 637 g/mol. The van der Waals surface area contributed by atoms with Crippen molar-refractivity contribution in [3.8, 4) is 22.8 Å². The number of nitrogens with zero attached hydrogens (tertiary/aromatic N) is 5. The van der Waals surface area contributed by atoms with Gasteiger partial charge in [-0.15, -0.1) is 18.3 Å². The summed E-state index contributed by atoms with van der Waals surface area (Å²) in [6, 6.07) is 17.5. The molecule has 2 amide bonds. The molecule has 1 saturated heterocycles. The lowest BCUT2D eigenvalue weighted by Crippen LogP contribution is -2.43. The number of aromatic nitrogens is 3. The highest BCUT2D eigenvalue weighted by Gasteiger charge is 2.31. The Bertz CT molecular complexity index is 1650. The van der Waals surface area contributed by atoms with Crippen LogP contribution in [0.4, 0.5) is 23.7 Å². The zero-order chi connectivity index (χ0) is 32.1. The van der Waals surface area contributed by atoms with Gasteiger partial charge >= 0.3 is 12.4 Å². The van der Waals surface area contributed by atoms with E-state index in [1.807, 2.05) is 24.3 Å². The van der Waals surface area contributed by atoms with Crippen molar-refractivity contribution in [2.75, 3.05) is 17.2 Å². The number of alkyl halides is 3. The molecule has 45 heavy (non-hydrogen) atoms. The van der Waals surface area contributed by atoms with Gasteiger partial charge in [-0.1, -0.05) is 53.7 Å². The molecular formula is C33H35F3N6O2S. The third-order valence-corrected chi connectivity index (χ3v) is 8.43. The van der Waals surface area contributed by atoms with Gasteiger partial charge in [-0.25, -0.2) is 14.5 Å². The fraction of sp³-hybridized carbons (Fsp3) is 0.333. The van der Waals surface area contributed by atoms with Crippen LogP contribution in [0.15, 0.2) is 72.0 Å². The van der Waals surface area contributed by atoms with Crippen molar-refractivity contribution in [3.63, 3.8) is 0 Å². The van der Waals surface area contributed by atoms with E-state index in [4.69, 9.17) is 0 Å². The minimum absolute atomic E-state index is 0.248. The van der Waals surface area contributed by atoms with Gasteiger partial charge in [-0.2, -0.15) is 4.99 Å². The highest BCUT2D eigenvalue weighted by atomic mass is 32.2. The average Bonchev–Trinajstić information content (AvgIpc) is 3.47. The Morgan fingerprint density at radius 3 is 2.42 bits per heavy atom. The maximum atomic E-state index is 12.8. The lowest BCUT2D eigenvalue weighted by atomic mass is 10.0. The van der Waals surface area contributed by atoms with Gasteiger partial charge < -0.3 is 15.0 Å². The summed E-state index contributed by atoms with van der Waals surface area (Å²) >= 11 is 1.62. The van der Waals surface area contributed by atoms with Crippen molar-refractivity contribution in [1.82, 2.24) is 20.1 Å². The molecule has 236 valence electrons. The van der Waals surface area contributed by atoms with Crippen LogP contribution in [0.3, 0.4) is 0 Å². The van der Waals surface area contributed by atoms with E-state index in [1.165, 1.54) is 52.0 Å². The number of aryl methyl sites for hydroxylation is 4. The van der Waals surface area contributed by atoms with Crippen LogP contribution in [0.5, 0.6) is 5.75 Å². The van der Waals surface area contributed by atoms with E-state index in [2.05, 4.69) is 69.9 Å². The molecule has 1 aliphatic rings. The van der Waals surface area contributed by atoms with E-state index in [0.717, 1.165) is 47.0 Å². The Kier molecular flexibility index (Phi) is 9.81. The van der Waals surface area contributed by atoms with E-state index in [9.17, 15) is 18.0 Å². The van der Waals surface area contributed by atoms with Crippen molar-refractivity contribution in [2.24, 2.45) is 4.99 Å². The first-order valence-electron chi connectivity index (χ1n) is 14.7. The van der Waals surface area contributed by atoms with Crippen LogP contribution in [-0.4, -0.2) is 50.7 Å². The number of rotatable bonds is 8. The molecule has 12 heteroatoms. The molecule has 1 aliphatic heterocycles. The number of benzene rings is 3. The summed E-state index contributed by atoms with van der Waals surface area (Å²) in [5, 5.41) is 8.13. The van der Waals surface area contributed by atoms with Crippen LogP contribution in [0.2, 0.25) is 0 Å². The molecule has 1 aromatic heterocycles. The summed E-state index contributed by atoms with van der Waals surface area (Å²) in [5.41, 5.74) is 7.17. The first-order chi connectivity index (χ1) is 21.5. The van der Waals surface area contributed by atoms with Crippen molar-refractivity contribution in [1.29, 1.82) is 0 Å². The van der Waals surface area contributed by atoms with Crippen LogP contribution < -0.4 is 15.0 Å². The molecule has 0 saturated carbocycles. The third kappa shape index (κ3) is 8.24. The first kappa shape index (κ1) is 32.1. The Morgan fingerprint density at radius 1 is 1.07 bits per heavy atom. The molecule has 1 fully saturated rings. The van der Waals surface area contributed by atoms with Crippen LogP contribution in [0, 0.1) is 20.8 Å². The van der Waals surface area contributed by atoms with Crippen LogP contribution in [0.25, 0.3) is 17.1 Å². The summed E-state index contributed by atoms with van der Waals surface area (Å²) in [5.74, 6) is 1.11. The number of nitrogens with one attached hydrogen (secondary N) is 1. The van der Waals surface area contributed by atoms with Crippen LogP contribution in [-0.2, 0) is 6.42 Å². The number of anilines is 1. The van der Waals surface area contributed by atoms with Gasteiger partial charge in [-0.3, -0.25) is 0 Å². The number of amides is 2. The fourth-order valence-corrected chi connectivity index (χ4v) is 6.62. The molecule has 8 nitrogen and oxygen atoms in total. The molecule has 2 heterocycles. The standard InChI is InChI=1S/C33H35F3N6O2S/c1-21-18-22(2)29(23(3)19-21)42-24(4)15-17-45-32(42)39-31(43)37-16-5-6-25-7-9-26(10-8-25)30-38-20-41(40-30)27-11-13-28(14-12-27)44-33(34,35)36/h7-14,18-20,24H,5-6,15-17H2,1-4H3,(H,37,43)/b39-32-. The van der Waals surface area contributed by atoms with E-state index < -0.39 is 6.36 Å². The molecule has 1 unspecified atom stereocenters. The van der Waals surface area contributed by atoms with Crippen molar-refractivity contribution in [2.45, 2.75) is 59.4 Å². The van der Waals surface area contributed by atoms with Gasteiger partial charge in [0.1, 0.15) is 12.1 Å². The number of carbonyl (C=O) groups is 1. The fourth-order valence-electron chi connectivity index (χ4n) is 5.42. The lowest BCUT2D eigenvalue weighted by Gasteiger charge is -2.37. The van der Waals surface area contributed by atoms with Gasteiger partial charge in [0.25, 0.3) is 0 Å². The zero-order valence-corrected chi connectivity index (χ0v) is 26.4. The molecule has 0 radical (unpaired) electrons. The van der Waals surface area contributed by atoms with Gasteiger partial charge in [0, 0.05) is 29.6 Å². The minimum atomic E-state index is -4.74. The summed E-state index contributed by atoms with van der Waals surface area (Å²) < 4.78 is 42.6. The normalized spacial score (nSPS) is 16.2. The second kappa shape index (κ2) is 13.8. The number of hydrogen-bond acceptors (Lipinski definition) is 5.